The Balaban J connectivity index is 2.01. The van der Waals surface area contributed by atoms with Crippen LogP contribution in [0.3, 0.4) is 0 Å². The maximum Gasteiger partial charge on any atom is 0.253 e. The molecule has 1 heterocycles. The Labute approximate surface area is 114 Å². The van der Waals surface area contributed by atoms with Crippen LogP contribution in [0.2, 0.25) is 0 Å². The van der Waals surface area contributed by atoms with Gasteiger partial charge in [-0.2, -0.15) is 0 Å². The Morgan fingerprint density at radius 2 is 2.05 bits per heavy atom. The summed E-state index contributed by atoms with van der Waals surface area (Å²) in [6, 6.07) is 3.13. The molecule has 1 fully saturated rings. The lowest BCUT2D eigenvalue weighted by Crippen LogP contribution is -2.33. The highest BCUT2D eigenvalue weighted by Crippen LogP contribution is 2.24. The minimum absolute atomic E-state index is 0.0525. The molecule has 1 aromatic rings. The van der Waals surface area contributed by atoms with E-state index in [9.17, 15) is 9.59 Å². The van der Waals surface area contributed by atoms with E-state index < -0.39 is 0 Å². The third kappa shape index (κ3) is 3.46. The number of carbonyl (C=O) groups is 1. The van der Waals surface area contributed by atoms with Gasteiger partial charge in [0, 0.05) is 38.5 Å². The van der Waals surface area contributed by atoms with E-state index in [0.717, 1.165) is 6.54 Å². The van der Waals surface area contributed by atoms with Crippen LogP contribution in [0.4, 0.5) is 0 Å². The predicted octanol–water partition coefficient (Wildman–Crippen LogP) is 2.04. The molecule has 0 aromatic carbocycles. The van der Waals surface area contributed by atoms with Gasteiger partial charge in [-0.15, -0.1) is 0 Å². The first-order valence-electron chi connectivity index (χ1n) is 7.00. The van der Waals surface area contributed by atoms with Gasteiger partial charge >= 0.3 is 0 Å². The van der Waals surface area contributed by atoms with Crippen molar-refractivity contribution in [3.8, 4) is 0 Å². The number of carbonyl (C=O) groups excluding carboxylic acids is 1. The van der Waals surface area contributed by atoms with E-state index in [-0.39, 0.29) is 11.5 Å². The molecule has 0 atom stereocenters. The summed E-state index contributed by atoms with van der Waals surface area (Å²) in [6.07, 6.45) is 7.95. The molecule has 4 nitrogen and oxygen atoms in total. The molecule has 104 valence electrons. The summed E-state index contributed by atoms with van der Waals surface area (Å²) >= 11 is 0. The van der Waals surface area contributed by atoms with Crippen LogP contribution in [0.5, 0.6) is 0 Å². The van der Waals surface area contributed by atoms with Crippen molar-refractivity contribution in [3.05, 3.63) is 34.2 Å². The molecule has 0 spiro atoms. The summed E-state index contributed by atoms with van der Waals surface area (Å²) in [5, 5.41) is 0. The molecule has 19 heavy (non-hydrogen) atoms. The minimum atomic E-state index is -0.142. The Kier molecular flexibility index (Phi) is 4.40. The monoisotopic (exact) mass is 262 g/mol. The Bertz CT molecular complexity index is 501. The van der Waals surface area contributed by atoms with E-state index in [1.165, 1.54) is 42.7 Å². The number of amides is 1. The molecule has 1 aliphatic rings. The van der Waals surface area contributed by atoms with Crippen molar-refractivity contribution in [2.45, 2.75) is 32.1 Å². The van der Waals surface area contributed by atoms with Crippen LogP contribution in [0.15, 0.2) is 23.1 Å². The summed E-state index contributed by atoms with van der Waals surface area (Å²) in [5.74, 6) is 0.567. The first kappa shape index (κ1) is 13.8. The average molecular weight is 262 g/mol. The fourth-order valence-electron chi connectivity index (χ4n) is 2.74. The second kappa shape index (κ2) is 6.04. The zero-order valence-corrected chi connectivity index (χ0v) is 11.8. The van der Waals surface area contributed by atoms with E-state index >= 15 is 0 Å². The van der Waals surface area contributed by atoms with Gasteiger partial charge in [-0.25, -0.2) is 0 Å². The maximum absolute atomic E-state index is 12.3. The number of aryl methyl sites for hydroxylation is 1. The summed E-state index contributed by atoms with van der Waals surface area (Å²) in [4.78, 5) is 25.6. The van der Waals surface area contributed by atoms with Crippen LogP contribution in [-0.2, 0) is 7.05 Å². The third-order valence-corrected chi connectivity index (χ3v) is 3.95. The topological polar surface area (TPSA) is 42.3 Å². The highest BCUT2D eigenvalue weighted by molar-refractivity contribution is 5.93. The standard InChI is InChI=1S/C15H22N2O2/c1-16-9-8-13(10-14(16)18)15(19)17(2)11-12-6-4-3-5-7-12/h8-10,12H,3-7,11H2,1-2H3. The zero-order chi connectivity index (χ0) is 13.8. The highest BCUT2D eigenvalue weighted by Gasteiger charge is 2.19. The summed E-state index contributed by atoms with van der Waals surface area (Å²) in [5.41, 5.74) is 0.346. The van der Waals surface area contributed by atoms with Gasteiger partial charge in [-0.1, -0.05) is 19.3 Å². The molecule has 0 aliphatic heterocycles. The number of aromatic nitrogens is 1. The van der Waals surface area contributed by atoms with Gasteiger partial charge in [0.1, 0.15) is 0 Å². The number of pyridine rings is 1. The summed E-state index contributed by atoms with van der Waals surface area (Å²) in [6.45, 7) is 0.800. The van der Waals surface area contributed by atoms with Crippen LogP contribution in [0.25, 0.3) is 0 Å². The molecule has 4 heteroatoms. The van der Waals surface area contributed by atoms with E-state index in [0.29, 0.717) is 11.5 Å². The summed E-state index contributed by atoms with van der Waals surface area (Å²) < 4.78 is 1.47. The lowest BCUT2D eigenvalue weighted by molar-refractivity contribution is 0.0760. The fraction of sp³-hybridized carbons (Fsp3) is 0.600. The van der Waals surface area contributed by atoms with Crippen molar-refractivity contribution in [1.82, 2.24) is 9.47 Å². The van der Waals surface area contributed by atoms with Gasteiger partial charge < -0.3 is 9.47 Å². The van der Waals surface area contributed by atoms with Gasteiger partial charge in [0.15, 0.2) is 0 Å². The van der Waals surface area contributed by atoms with Crippen molar-refractivity contribution >= 4 is 5.91 Å². The largest absolute Gasteiger partial charge is 0.341 e. The SMILES string of the molecule is CN(CC1CCCCC1)C(=O)c1ccn(C)c(=O)c1. The second-order valence-corrected chi connectivity index (χ2v) is 5.55. The molecule has 1 aromatic heterocycles. The van der Waals surface area contributed by atoms with Crippen LogP contribution in [0, 0.1) is 5.92 Å². The van der Waals surface area contributed by atoms with Gasteiger partial charge in [-0.05, 0) is 24.8 Å². The zero-order valence-electron chi connectivity index (χ0n) is 11.8. The Morgan fingerprint density at radius 1 is 1.37 bits per heavy atom. The third-order valence-electron chi connectivity index (χ3n) is 3.95. The number of rotatable bonds is 3. The van der Waals surface area contributed by atoms with Crippen LogP contribution in [0.1, 0.15) is 42.5 Å². The van der Waals surface area contributed by atoms with Gasteiger partial charge in [-0.3, -0.25) is 9.59 Å². The average Bonchev–Trinajstić information content (AvgIpc) is 2.42. The molecular weight excluding hydrogens is 240 g/mol. The van der Waals surface area contributed by atoms with Gasteiger partial charge in [0.05, 0.1) is 0 Å². The smallest absolute Gasteiger partial charge is 0.253 e. The number of nitrogens with zero attached hydrogens (tertiary/aromatic N) is 2. The Hall–Kier alpha value is -1.58. The Morgan fingerprint density at radius 3 is 2.68 bits per heavy atom. The lowest BCUT2D eigenvalue weighted by Gasteiger charge is -2.27. The lowest BCUT2D eigenvalue weighted by atomic mass is 9.89. The van der Waals surface area contributed by atoms with Crippen molar-refractivity contribution in [3.63, 3.8) is 0 Å². The molecule has 2 rings (SSSR count). The summed E-state index contributed by atoms with van der Waals surface area (Å²) in [7, 11) is 3.51. The number of hydrogen-bond acceptors (Lipinski definition) is 2. The highest BCUT2D eigenvalue weighted by atomic mass is 16.2. The minimum Gasteiger partial charge on any atom is -0.341 e. The van der Waals surface area contributed by atoms with E-state index in [4.69, 9.17) is 0 Å². The van der Waals surface area contributed by atoms with Crippen molar-refractivity contribution in [2.24, 2.45) is 13.0 Å². The molecule has 0 saturated heterocycles. The van der Waals surface area contributed by atoms with Gasteiger partial charge in [0.2, 0.25) is 0 Å². The first-order chi connectivity index (χ1) is 9.08. The predicted molar refractivity (Wildman–Crippen MR) is 75.2 cm³/mol. The second-order valence-electron chi connectivity index (χ2n) is 5.55. The normalized spacial score (nSPS) is 16.3. The molecule has 1 saturated carbocycles. The molecule has 0 radical (unpaired) electrons. The quantitative estimate of drug-likeness (QED) is 0.836. The fourth-order valence-corrected chi connectivity index (χ4v) is 2.74. The van der Waals surface area contributed by atoms with E-state index in [1.54, 1.807) is 24.2 Å². The molecule has 1 amide bonds. The van der Waals surface area contributed by atoms with Gasteiger partial charge in [0.25, 0.3) is 11.5 Å². The molecule has 0 N–H and O–H groups in total. The molecular formula is C15H22N2O2. The van der Waals surface area contributed by atoms with Crippen LogP contribution < -0.4 is 5.56 Å². The van der Waals surface area contributed by atoms with Crippen LogP contribution >= 0.6 is 0 Å². The molecule has 1 aliphatic carbocycles. The first-order valence-corrected chi connectivity index (χ1v) is 7.00. The van der Waals surface area contributed by atoms with E-state index in [2.05, 4.69) is 0 Å². The van der Waals surface area contributed by atoms with Crippen molar-refractivity contribution < 1.29 is 4.79 Å². The molecule has 0 bridgehead atoms. The van der Waals surface area contributed by atoms with Crippen molar-refractivity contribution in [1.29, 1.82) is 0 Å². The van der Waals surface area contributed by atoms with Crippen molar-refractivity contribution in [2.75, 3.05) is 13.6 Å². The number of hydrogen-bond donors (Lipinski definition) is 0. The van der Waals surface area contributed by atoms with Crippen LogP contribution in [-0.4, -0.2) is 29.0 Å². The molecule has 0 unspecified atom stereocenters. The van der Waals surface area contributed by atoms with E-state index in [1.807, 2.05) is 7.05 Å². The maximum atomic E-state index is 12.3.